The summed E-state index contributed by atoms with van der Waals surface area (Å²) in [5.74, 6) is -1.31. The molecular weight excluding hydrogens is 604 g/mol. The Kier molecular flexibility index (Phi) is 8.55. The van der Waals surface area contributed by atoms with E-state index in [1.54, 1.807) is 0 Å². The van der Waals surface area contributed by atoms with Gasteiger partial charge in [-0.05, 0) is 47.5 Å². The van der Waals surface area contributed by atoms with Gasteiger partial charge in [-0.15, -0.1) is 0 Å². The summed E-state index contributed by atoms with van der Waals surface area (Å²) in [6, 6.07) is 50.6. The van der Waals surface area contributed by atoms with Gasteiger partial charge >= 0.3 is 0 Å². The number of fused-ring (bicyclic) bond motifs is 1. The second-order valence-corrected chi connectivity index (χ2v) is 16.2. The molecule has 1 saturated heterocycles. The lowest BCUT2D eigenvalue weighted by Gasteiger charge is -2.36. The maximum absolute atomic E-state index is 17.1. The SMILES string of the molecule is CC1(C)O[C@@H]2[C@H](O1)C(COC(c1ccccc1)(c1ccccc1)c1ccccc1)=C(F)[C@@H]2O[Si](C)(c1ccccc1)c1ccccc1. The molecule has 0 amide bonds. The van der Waals surface area contributed by atoms with E-state index >= 15 is 4.39 Å². The molecule has 47 heavy (non-hydrogen) atoms. The van der Waals surface area contributed by atoms with E-state index < -0.39 is 38.0 Å². The molecule has 0 N–H and O–H groups in total. The highest BCUT2D eigenvalue weighted by Gasteiger charge is 2.57. The lowest BCUT2D eigenvalue weighted by atomic mass is 9.80. The number of ether oxygens (including phenoxy) is 3. The molecule has 238 valence electrons. The molecule has 3 atom stereocenters. The molecule has 0 radical (unpaired) electrons. The van der Waals surface area contributed by atoms with Crippen molar-refractivity contribution in [2.75, 3.05) is 6.61 Å². The van der Waals surface area contributed by atoms with Crippen LogP contribution in [0.1, 0.15) is 30.5 Å². The van der Waals surface area contributed by atoms with Gasteiger partial charge in [0.05, 0.1) is 6.61 Å². The van der Waals surface area contributed by atoms with E-state index in [4.69, 9.17) is 18.6 Å². The number of hydrogen-bond acceptors (Lipinski definition) is 4. The van der Waals surface area contributed by atoms with Crippen LogP contribution in [0.4, 0.5) is 4.39 Å². The minimum Gasteiger partial charge on any atom is -0.396 e. The van der Waals surface area contributed by atoms with Crippen molar-refractivity contribution >= 4 is 18.7 Å². The minimum atomic E-state index is -2.91. The van der Waals surface area contributed by atoms with Crippen molar-refractivity contribution in [1.82, 2.24) is 0 Å². The fraction of sp³-hybridized carbons (Fsp3) is 0.220. The first-order valence-electron chi connectivity index (χ1n) is 16.2. The normalized spacial score (nSPS) is 20.7. The van der Waals surface area contributed by atoms with Crippen molar-refractivity contribution in [2.24, 2.45) is 0 Å². The Balaban J connectivity index is 1.32. The van der Waals surface area contributed by atoms with E-state index in [0.29, 0.717) is 5.57 Å². The van der Waals surface area contributed by atoms with Crippen molar-refractivity contribution in [3.05, 3.63) is 180 Å². The molecule has 5 aromatic rings. The highest BCUT2D eigenvalue weighted by atomic mass is 28.4. The van der Waals surface area contributed by atoms with Crippen molar-refractivity contribution in [3.8, 4) is 0 Å². The van der Waals surface area contributed by atoms with E-state index in [9.17, 15) is 0 Å². The first-order chi connectivity index (χ1) is 22.8. The molecule has 6 heteroatoms. The van der Waals surface area contributed by atoms with Crippen LogP contribution in [0.25, 0.3) is 0 Å². The topological polar surface area (TPSA) is 36.9 Å². The lowest BCUT2D eigenvalue weighted by molar-refractivity contribution is -0.154. The number of hydrogen-bond donors (Lipinski definition) is 0. The van der Waals surface area contributed by atoms with Crippen LogP contribution in [0.2, 0.25) is 6.55 Å². The Labute approximate surface area is 277 Å². The first kappa shape index (κ1) is 31.4. The zero-order valence-electron chi connectivity index (χ0n) is 26.9. The predicted octanol–water partition coefficient (Wildman–Crippen LogP) is 7.53. The van der Waals surface area contributed by atoms with Crippen LogP contribution in [-0.4, -0.2) is 39.0 Å². The Bertz CT molecular complexity index is 1680. The van der Waals surface area contributed by atoms with E-state index in [-0.39, 0.29) is 12.4 Å². The van der Waals surface area contributed by atoms with Crippen molar-refractivity contribution in [3.63, 3.8) is 0 Å². The van der Waals surface area contributed by atoms with Crippen LogP contribution >= 0.6 is 0 Å². The second-order valence-electron chi connectivity index (χ2n) is 12.8. The summed E-state index contributed by atoms with van der Waals surface area (Å²) in [4.78, 5) is 0. The van der Waals surface area contributed by atoms with Crippen molar-refractivity contribution in [2.45, 2.75) is 50.1 Å². The summed E-state index contributed by atoms with van der Waals surface area (Å²) in [6.07, 6.45) is -2.29. The van der Waals surface area contributed by atoms with Crippen LogP contribution < -0.4 is 10.4 Å². The maximum Gasteiger partial charge on any atom is 0.253 e. The maximum atomic E-state index is 17.1. The van der Waals surface area contributed by atoms with E-state index in [0.717, 1.165) is 27.1 Å². The molecule has 4 nitrogen and oxygen atoms in total. The molecule has 1 aliphatic carbocycles. The van der Waals surface area contributed by atoms with Crippen molar-refractivity contribution in [1.29, 1.82) is 0 Å². The summed E-state index contributed by atoms with van der Waals surface area (Å²) in [7, 11) is -2.91. The second kappa shape index (κ2) is 12.8. The van der Waals surface area contributed by atoms with E-state index in [1.807, 2.05) is 105 Å². The largest absolute Gasteiger partial charge is 0.396 e. The number of rotatable bonds is 10. The Hall–Kier alpha value is -4.17. The van der Waals surface area contributed by atoms with E-state index in [1.165, 1.54) is 0 Å². The van der Waals surface area contributed by atoms with Gasteiger partial charge in [0, 0.05) is 5.57 Å². The van der Waals surface area contributed by atoms with Gasteiger partial charge < -0.3 is 18.6 Å². The third-order valence-electron chi connectivity index (χ3n) is 9.32. The molecule has 0 bridgehead atoms. The van der Waals surface area contributed by atoms with E-state index in [2.05, 4.69) is 67.2 Å². The molecule has 0 spiro atoms. The molecule has 2 aliphatic rings. The van der Waals surface area contributed by atoms with Gasteiger partial charge in [0.2, 0.25) is 0 Å². The molecule has 5 aromatic carbocycles. The van der Waals surface area contributed by atoms with Crippen LogP contribution in [0.3, 0.4) is 0 Å². The monoisotopic (exact) mass is 642 g/mol. The zero-order valence-corrected chi connectivity index (χ0v) is 27.9. The quantitative estimate of drug-likeness (QED) is 0.117. The highest BCUT2D eigenvalue weighted by Crippen LogP contribution is 2.47. The smallest absolute Gasteiger partial charge is 0.253 e. The molecule has 0 unspecified atom stereocenters. The van der Waals surface area contributed by atoms with Crippen LogP contribution in [-0.2, 0) is 24.2 Å². The molecule has 1 heterocycles. The van der Waals surface area contributed by atoms with Crippen LogP contribution in [0.5, 0.6) is 0 Å². The fourth-order valence-corrected chi connectivity index (χ4v) is 10.0. The van der Waals surface area contributed by atoms with Gasteiger partial charge in [-0.1, -0.05) is 152 Å². The van der Waals surface area contributed by atoms with Gasteiger partial charge in [0.15, 0.2) is 5.79 Å². The van der Waals surface area contributed by atoms with Gasteiger partial charge in [0.25, 0.3) is 8.32 Å². The van der Waals surface area contributed by atoms with Gasteiger partial charge in [0.1, 0.15) is 29.7 Å². The standard InChI is InChI=1S/C41H39FO4Si/c1-40(2)44-37-35(29-43-41(30-19-9-4-10-20-30,31-21-11-5-12-22-31)32-23-13-6-14-24-32)36(42)38(39(37)45-40)46-47(3,33-25-15-7-16-26-33)34-27-17-8-18-28-34/h4-28,37-39H,29H2,1-3H3/t37-,38+,39-/m1/s1. The zero-order chi connectivity index (χ0) is 32.5. The summed E-state index contributed by atoms with van der Waals surface area (Å²) in [5, 5.41) is 2.10. The third-order valence-corrected chi connectivity index (χ3v) is 12.9. The summed E-state index contributed by atoms with van der Waals surface area (Å²) in [5.41, 5.74) is 2.22. The van der Waals surface area contributed by atoms with Crippen LogP contribution in [0.15, 0.2) is 163 Å². The average Bonchev–Trinajstić information content (AvgIpc) is 3.55. The van der Waals surface area contributed by atoms with Gasteiger partial charge in [-0.25, -0.2) is 4.39 Å². The highest BCUT2D eigenvalue weighted by molar-refractivity contribution is 6.96. The summed E-state index contributed by atoms with van der Waals surface area (Å²) >= 11 is 0. The Morgan fingerprint density at radius 3 is 1.47 bits per heavy atom. The summed E-state index contributed by atoms with van der Waals surface area (Å²) in [6.45, 7) is 5.83. The lowest BCUT2D eigenvalue weighted by Crippen LogP contribution is -2.61. The molecule has 1 aliphatic heterocycles. The molecule has 1 fully saturated rings. The number of benzene rings is 5. The average molecular weight is 643 g/mol. The predicted molar refractivity (Wildman–Crippen MR) is 186 cm³/mol. The molecular formula is C41H39FO4Si. The third kappa shape index (κ3) is 5.81. The Morgan fingerprint density at radius 2 is 1.04 bits per heavy atom. The van der Waals surface area contributed by atoms with Gasteiger partial charge in [-0.2, -0.15) is 0 Å². The fourth-order valence-electron chi connectivity index (χ4n) is 7.04. The van der Waals surface area contributed by atoms with Crippen LogP contribution in [0, 0.1) is 0 Å². The first-order valence-corrected chi connectivity index (χ1v) is 18.6. The molecule has 0 saturated carbocycles. The summed E-state index contributed by atoms with van der Waals surface area (Å²) < 4.78 is 44.1. The van der Waals surface area contributed by atoms with Crippen molar-refractivity contribution < 1.29 is 23.0 Å². The minimum absolute atomic E-state index is 0.0279. The Morgan fingerprint density at radius 1 is 0.638 bits per heavy atom. The molecule has 7 rings (SSSR count). The number of halogens is 1. The molecule has 0 aromatic heterocycles. The van der Waals surface area contributed by atoms with Gasteiger partial charge in [-0.3, -0.25) is 0 Å².